The Kier molecular flexibility index (Phi) is 5.82. The Morgan fingerprint density at radius 1 is 0.850 bits per heavy atom. The van der Waals surface area contributed by atoms with Crippen LogP contribution in [-0.4, -0.2) is 13.2 Å². The van der Waals surface area contributed by atoms with Crippen LogP contribution >= 0.6 is 0 Å². The van der Waals surface area contributed by atoms with Crippen molar-refractivity contribution in [2.45, 2.75) is 38.2 Å². The molecule has 1 heteroatoms. The van der Waals surface area contributed by atoms with Crippen LogP contribution in [0.25, 0.3) is 0 Å². The molecule has 0 spiro atoms. The first kappa shape index (κ1) is 14.8. The molecule has 20 heavy (non-hydrogen) atoms. The van der Waals surface area contributed by atoms with Gasteiger partial charge in [-0.3, -0.25) is 0 Å². The van der Waals surface area contributed by atoms with E-state index in [9.17, 15) is 0 Å². The van der Waals surface area contributed by atoms with E-state index >= 15 is 0 Å². The molecule has 106 valence electrons. The molecular formula is C19H24O. The zero-order valence-electron chi connectivity index (χ0n) is 12.5. The summed E-state index contributed by atoms with van der Waals surface area (Å²) in [6.07, 6.45) is 3.74. The Morgan fingerprint density at radius 3 is 1.75 bits per heavy atom. The molecule has 0 saturated heterocycles. The van der Waals surface area contributed by atoms with E-state index in [1.807, 2.05) is 7.11 Å². The first-order valence-electron chi connectivity index (χ1n) is 7.49. The number of ether oxygens (including phenoxy) is 1. The van der Waals surface area contributed by atoms with Crippen molar-refractivity contribution in [2.24, 2.45) is 0 Å². The van der Waals surface area contributed by atoms with Gasteiger partial charge in [-0.15, -0.1) is 0 Å². The highest BCUT2D eigenvalue weighted by molar-refractivity contribution is 5.33. The average molecular weight is 268 g/mol. The molecule has 0 N–H and O–H groups in total. The van der Waals surface area contributed by atoms with Crippen LogP contribution in [-0.2, 0) is 4.74 Å². The van der Waals surface area contributed by atoms with Crippen molar-refractivity contribution in [3.05, 3.63) is 71.8 Å². The molecule has 0 bridgehead atoms. The number of hydrogen-bond acceptors (Lipinski definition) is 1. The van der Waals surface area contributed by atoms with Crippen molar-refractivity contribution in [3.63, 3.8) is 0 Å². The predicted molar refractivity (Wildman–Crippen MR) is 85.0 cm³/mol. The molecule has 1 atom stereocenters. The molecule has 0 aromatic heterocycles. The lowest BCUT2D eigenvalue weighted by Crippen LogP contribution is -2.22. The summed E-state index contributed by atoms with van der Waals surface area (Å²) in [7, 11) is 1.83. The van der Waals surface area contributed by atoms with Gasteiger partial charge in [-0.05, 0) is 17.5 Å². The van der Waals surface area contributed by atoms with Crippen molar-refractivity contribution in [1.82, 2.24) is 0 Å². The summed E-state index contributed by atoms with van der Waals surface area (Å²) in [6, 6.07) is 21.4. The van der Waals surface area contributed by atoms with Gasteiger partial charge < -0.3 is 4.74 Å². The van der Waals surface area contributed by atoms with Gasteiger partial charge in [0.15, 0.2) is 0 Å². The van der Waals surface area contributed by atoms with Gasteiger partial charge in [0.05, 0.1) is 6.10 Å². The van der Waals surface area contributed by atoms with Crippen LogP contribution in [0, 0.1) is 0 Å². The van der Waals surface area contributed by atoms with Crippen LogP contribution < -0.4 is 0 Å². The quantitative estimate of drug-likeness (QED) is 0.685. The molecule has 0 aliphatic heterocycles. The zero-order valence-corrected chi connectivity index (χ0v) is 12.5. The van der Waals surface area contributed by atoms with Gasteiger partial charge in [0, 0.05) is 13.0 Å². The smallest absolute Gasteiger partial charge is 0.0680 e. The fourth-order valence-electron chi connectivity index (χ4n) is 2.77. The topological polar surface area (TPSA) is 9.23 Å². The number of hydrogen-bond donors (Lipinski definition) is 0. The first-order valence-corrected chi connectivity index (χ1v) is 7.49. The minimum atomic E-state index is 0.236. The summed E-state index contributed by atoms with van der Waals surface area (Å²) in [5.74, 6) is 0.314. The summed E-state index contributed by atoms with van der Waals surface area (Å²) >= 11 is 0. The van der Waals surface area contributed by atoms with E-state index in [0.29, 0.717) is 5.92 Å². The minimum absolute atomic E-state index is 0.236. The second-order valence-corrected chi connectivity index (χ2v) is 5.22. The number of benzene rings is 2. The molecule has 0 fully saturated rings. The lowest BCUT2D eigenvalue weighted by Gasteiger charge is -2.27. The van der Waals surface area contributed by atoms with Crippen molar-refractivity contribution in [1.29, 1.82) is 0 Å². The van der Waals surface area contributed by atoms with E-state index in [4.69, 9.17) is 4.74 Å². The Morgan fingerprint density at radius 2 is 1.35 bits per heavy atom. The highest BCUT2D eigenvalue weighted by Crippen LogP contribution is 2.31. The number of unbranched alkanes of at least 4 members (excludes halogenated alkanes) is 1. The van der Waals surface area contributed by atoms with Crippen LogP contribution in [0.4, 0.5) is 0 Å². The Hall–Kier alpha value is -1.60. The van der Waals surface area contributed by atoms with E-state index in [1.165, 1.54) is 24.0 Å². The number of rotatable bonds is 7. The third-order valence-electron chi connectivity index (χ3n) is 3.83. The van der Waals surface area contributed by atoms with Gasteiger partial charge in [-0.2, -0.15) is 0 Å². The lowest BCUT2D eigenvalue weighted by molar-refractivity contribution is 0.0798. The SMILES string of the molecule is CCCCC(OC)C(c1ccccc1)c1ccccc1. The fourth-order valence-corrected chi connectivity index (χ4v) is 2.77. The Balaban J connectivity index is 2.33. The highest BCUT2D eigenvalue weighted by Gasteiger charge is 2.24. The molecule has 0 saturated carbocycles. The van der Waals surface area contributed by atoms with Crippen LogP contribution in [0.1, 0.15) is 43.2 Å². The molecule has 2 aromatic carbocycles. The highest BCUT2D eigenvalue weighted by atomic mass is 16.5. The molecule has 0 radical (unpaired) electrons. The summed E-state index contributed by atoms with van der Waals surface area (Å²) in [6.45, 7) is 2.23. The summed E-state index contributed by atoms with van der Waals surface area (Å²) in [5, 5.41) is 0. The zero-order chi connectivity index (χ0) is 14.2. The first-order chi connectivity index (χ1) is 9.86. The molecule has 0 aliphatic carbocycles. The fraction of sp³-hybridized carbons (Fsp3) is 0.368. The normalized spacial score (nSPS) is 12.6. The number of methoxy groups -OCH3 is 1. The molecule has 1 nitrogen and oxygen atoms in total. The van der Waals surface area contributed by atoms with E-state index in [1.54, 1.807) is 0 Å². The van der Waals surface area contributed by atoms with Crippen LogP contribution in [0.15, 0.2) is 60.7 Å². The summed E-state index contributed by atoms with van der Waals surface area (Å²) in [4.78, 5) is 0. The van der Waals surface area contributed by atoms with Gasteiger partial charge in [-0.25, -0.2) is 0 Å². The molecule has 1 unspecified atom stereocenters. The third-order valence-corrected chi connectivity index (χ3v) is 3.83. The summed E-state index contributed by atoms with van der Waals surface area (Å²) in [5.41, 5.74) is 2.67. The Labute approximate surface area is 122 Å². The minimum Gasteiger partial charge on any atom is -0.380 e. The van der Waals surface area contributed by atoms with E-state index in [2.05, 4.69) is 67.6 Å². The second kappa shape index (κ2) is 7.86. The summed E-state index contributed by atoms with van der Waals surface area (Å²) < 4.78 is 5.82. The van der Waals surface area contributed by atoms with Crippen molar-refractivity contribution in [3.8, 4) is 0 Å². The molecule has 0 aliphatic rings. The molecule has 2 rings (SSSR count). The van der Waals surface area contributed by atoms with Crippen molar-refractivity contribution in [2.75, 3.05) is 7.11 Å². The second-order valence-electron chi connectivity index (χ2n) is 5.22. The molecule has 2 aromatic rings. The van der Waals surface area contributed by atoms with Crippen LogP contribution in [0.5, 0.6) is 0 Å². The van der Waals surface area contributed by atoms with Crippen LogP contribution in [0.2, 0.25) is 0 Å². The molecule has 0 heterocycles. The Bertz CT molecular complexity index is 438. The van der Waals surface area contributed by atoms with Crippen molar-refractivity contribution < 1.29 is 4.74 Å². The van der Waals surface area contributed by atoms with Crippen LogP contribution in [0.3, 0.4) is 0 Å². The van der Waals surface area contributed by atoms with Gasteiger partial charge in [-0.1, -0.05) is 80.4 Å². The maximum absolute atomic E-state index is 5.82. The van der Waals surface area contributed by atoms with Gasteiger partial charge in [0.1, 0.15) is 0 Å². The monoisotopic (exact) mass is 268 g/mol. The maximum atomic E-state index is 5.82. The van der Waals surface area contributed by atoms with Gasteiger partial charge in [0.2, 0.25) is 0 Å². The van der Waals surface area contributed by atoms with E-state index in [0.717, 1.165) is 6.42 Å². The van der Waals surface area contributed by atoms with Crippen molar-refractivity contribution >= 4 is 0 Å². The lowest BCUT2D eigenvalue weighted by atomic mass is 9.84. The maximum Gasteiger partial charge on any atom is 0.0680 e. The standard InChI is InChI=1S/C19H24O/c1-3-4-15-18(20-2)19(16-11-7-5-8-12-16)17-13-9-6-10-14-17/h5-14,18-19H,3-4,15H2,1-2H3. The largest absolute Gasteiger partial charge is 0.380 e. The third kappa shape index (κ3) is 3.71. The average Bonchev–Trinajstić information content (AvgIpc) is 2.53. The van der Waals surface area contributed by atoms with E-state index in [-0.39, 0.29) is 6.10 Å². The van der Waals surface area contributed by atoms with Gasteiger partial charge in [0.25, 0.3) is 0 Å². The predicted octanol–water partition coefficient (Wildman–Crippen LogP) is 5.02. The molecule has 0 amide bonds. The van der Waals surface area contributed by atoms with Gasteiger partial charge >= 0.3 is 0 Å². The van der Waals surface area contributed by atoms with E-state index < -0.39 is 0 Å². The molecular weight excluding hydrogens is 244 g/mol.